The molecular formula is C23H24FNO4. The molecule has 1 heterocycles. The Balaban J connectivity index is 1.77. The first-order chi connectivity index (χ1) is 14.1. The summed E-state index contributed by atoms with van der Waals surface area (Å²) in [7, 11) is 4.79. The molecule has 6 heteroatoms. The zero-order chi connectivity index (χ0) is 20.8. The van der Waals surface area contributed by atoms with Crippen molar-refractivity contribution in [1.82, 2.24) is 4.90 Å². The molecule has 0 saturated carbocycles. The summed E-state index contributed by atoms with van der Waals surface area (Å²) in [5, 5.41) is 0. The van der Waals surface area contributed by atoms with Crippen molar-refractivity contribution in [1.29, 1.82) is 0 Å². The van der Waals surface area contributed by atoms with Gasteiger partial charge in [-0.2, -0.15) is 0 Å². The molecule has 0 N–H and O–H groups in total. The lowest BCUT2D eigenvalue weighted by atomic mass is 9.97. The van der Waals surface area contributed by atoms with Gasteiger partial charge in [0, 0.05) is 36.9 Å². The molecule has 1 aliphatic heterocycles. The molecule has 0 aliphatic carbocycles. The van der Waals surface area contributed by atoms with Crippen molar-refractivity contribution in [3.8, 4) is 17.2 Å². The average Bonchev–Trinajstić information content (AvgIpc) is 2.77. The first-order valence-corrected chi connectivity index (χ1v) is 9.28. The smallest absolute Gasteiger partial charge is 0.246 e. The highest BCUT2D eigenvalue weighted by molar-refractivity contribution is 5.92. The van der Waals surface area contributed by atoms with Gasteiger partial charge in [-0.15, -0.1) is 0 Å². The number of rotatable bonds is 6. The van der Waals surface area contributed by atoms with Gasteiger partial charge in [0.1, 0.15) is 23.1 Å². The quantitative estimate of drug-likeness (QED) is 0.686. The lowest BCUT2D eigenvalue weighted by molar-refractivity contribution is -0.125. The minimum absolute atomic E-state index is 0.155. The topological polar surface area (TPSA) is 48.0 Å². The molecule has 2 aromatic rings. The van der Waals surface area contributed by atoms with Crippen molar-refractivity contribution in [2.24, 2.45) is 0 Å². The molecule has 0 spiro atoms. The Kier molecular flexibility index (Phi) is 6.54. The van der Waals surface area contributed by atoms with E-state index in [2.05, 4.69) is 0 Å². The van der Waals surface area contributed by atoms with Gasteiger partial charge in [-0.3, -0.25) is 4.79 Å². The van der Waals surface area contributed by atoms with Crippen LogP contribution in [0.5, 0.6) is 17.2 Å². The number of ether oxygens (including phenoxy) is 3. The molecule has 5 nitrogen and oxygen atoms in total. The Morgan fingerprint density at radius 2 is 1.76 bits per heavy atom. The molecule has 1 amide bonds. The molecule has 3 rings (SSSR count). The van der Waals surface area contributed by atoms with Gasteiger partial charge in [0.2, 0.25) is 5.91 Å². The monoisotopic (exact) mass is 397 g/mol. The predicted molar refractivity (Wildman–Crippen MR) is 111 cm³/mol. The number of carbonyl (C=O) groups excluding carboxylic acids is 1. The third-order valence-corrected chi connectivity index (χ3v) is 4.87. The SMILES string of the molecule is COc1cc(OC)c(C2=CCN(C(=O)C=Cc3ccccc3F)CC2)c(OC)c1. The number of hydrogen-bond acceptors (Lipinski definition) is 4. The van der Waals surface area contributed by atoms with Crippen LogP contribution in [0.2, 0.25) is 0 Å². The number of benzene rings is 2. The largest absolute Gasteiger partial charge is 0.496 e. The standard InChI is InChI=1S/C23H24FNO4/c1-27-18-14-20(28-2)23(21(15-18)29-3)17-10-12-25(13-11-17)22(26)9-8-16-6-4-5-7-19(16)24/h4-10,14-15H,11-13H2,1-3H3. The van der Waals surface area contributed by atoms with E-state index in [-0.39, 0.29) is 11.7 Å². The zero-order valence-corrected chi connectivity index (χ0v) is 16.8. The first-order valence-electron chi connectivity index (χ1n) is 9.28. The summed E-state index contributed by atoms with van der Waals surface area (Å²) in [4.78, 5) is 14.2. The highest BCUT2D eigenvalue weighted by Gasteiger charge is 2.22. The van der Waals surface area contributed by atoms with Crippen LogP contribution in [-0.4, -0.2) is 45.2 Å². The van der Waals surface area contributed by atoms with E-state index < -0.39 is 0 Å². The number of hydrogen-bond donors (Lipinski definition) is 0. The Hall–Kier alpha value is -3.28. The van der Waals surface area contributed by atoms with E-state index in [4.69, 9.17) is 14.2 Å². The summed E-state index contributed by atoms with van der Waals surface area (Å²) in [6.07, 6.45) is 5.56. The maximum absolute atomic E-state index is 13.7. The molecular weight excluding hydrogens is 373 g/mol. The lowest BCUT2D eigenvalue weighted by Crippen LogP contribution is -2.33. The summed E-state index contributed by atoms with van der Waals surface area (Å²) in [6.45, 7) is 0.999. The van der Waals surface area contributed by atoms with Crippen molar-refractivity contribution >= 4 is 17.6 Å². The minimum Gasteiger partial charge on any atom is -0.496 e. The van der Waals surface area contributed by atoms with Crippen LogP contribution in [0.4, 0.5) is 4.39 Å². The highest BCUT2D eigenvalue weighted by Crippen LogP contribution is 2.40. The maximum atomic E-state index is 13.7. The molecule has 29 heavy (non-hydrogen) atoms. The zero-order valence-electron chi connectivity index (χ0n) is 16.8. The van der Waals surface area contributed by atoms with Gasteiger partial charge in [-0.25, -0.2) is 4.39 Å². The summed E-state index contributed by atoms with van der Waals surface area (Å²) in [5.41, 5.74) is 2.30. The van der Waals surface area contributed by atoms with E-state index in [0.717, 1.165) is 11.1 Å². The van der Waals surface area contributed by atoms with Gasteiger partial charge in [0.15, 0.2) is 0 Å². The average molecular weight is 397 g/mol. The molecule has 152 valence electrons. The van der Waals surface area contributed by atoms with E-state index in [1.54, 1.807) is 44.4 Å². The van der Waals surface area contributed by atoms with Gasteiger partial charge < -0.3 is 19.1 Å². The van der Waals surface area contributed by atoms with Crippen LogP contribution >= 0.6 is 0 Å². The van der Waals surface area contributed by atoms with Crippen LogP contribution in [0.25, 0.3) is 11.6 Å². The van der Waals surface area contributed by atoms with Crippen molar-refractivity contribution < 1.29 is 23.4 Å². The second-order valence-electron chi connectivity index (χ2n) is 6.53. The van der Waals surface area contributed by atoms with E-state index in [9.17, 15) is 9.18 Å². The lowest BCUT2D eigenvalue weighted by Gasteiger charge is -2.27. The normalized spacial score (nSPS) is 13.9. The van der Waals surface area contributed by atoms with Crippen molar-refractivity contribution in [2.45, 2.75) is 6.42 Å². The molecule has 0 unspecified atom stereocenters. The predicted octanol–water partition coefficient (Wildman–Crippen LogP) is 4.18. The molecule has 0 bridgehead atoms. The van der Waals surface area contributed by atoms with Crippen LogP contribution in [0.3, 0.4) is 0 Å². The van der Waals surface area contributed by atoms with Crippen molar-refractivity contribution in [2.75, 3.05) is 34.4 Å². The summed E-state index contributed by atoms with van der Waals surface area (Å²) >= 11 is 0. The van der Waals surface area contributed by atoms with Gasteiger partial charge in [-0.05, 0) is 24.1 Å². The van der Waals surface area contributed by atoms with Crippen LogP contribution in [0, 0.1) is 5.82 Å². The number of methoxy groups -OCH3 is 3. The molecule has 1 aliphatic rings. The summed E-state index contributed by atoms with van der Waals surface area (Å²) in [5.74, 6) is 1.46. The minimum atomic E-state index is -0.351. The third-order valence-electron chi connectivity index (χ3n) is 4.87. The fraction of sp³-hybridized carbons (Fsp3) is 0.261. The number of amides is 1. The van der Waals surface area contributed by atoms with Gasteiger partial charge >= 0.3 is 0 Å². The van der Waals surface area contributed by atoms with Gasteiger partial charge in [0.05, 0.1) is 26.9 Å². The molecule has 0 atom stereocenters. The molecule has 0 saturated heterocycles. The molecule has 2 aromatic carbocycles. The summed E-state index contributed by atoms with van der Waals surface area (Å²) in [6, 6.07) is 9.98. The van der Waals surface area contributed by atoms with E-state index in [1.165, 1.54) is 18.2 Å². The molecule has 0 fully saturated rings. The Morgan fingerprint density at radius 3 is 2.31 bits per heavy atom. The van der Waals surface area contributed by atoms with Crippen molar-refractivity contribution in [3.05, 3.63) is 65.5 Å². The molecule has 0 aromatic heterocycles. The van der Waals surface area contributed by atoms with Crippen molar-refractivity contribution in [3.63, 3.8) is 0 Å². The van der Waals surface area contributed by atoms with E-state index in [0.29, 0.717) is 42.3 Å². The second-order valence-corrected chi connectivity index (χ2v) is 6.53. The summed E-state index contributed by atoms with van der Waals surface area (Å²) < 4.78 is 30.1. The number of nitrogens with zero attached hydrogens (tertiary/aromatic N) is 1. The van der Waals surface area contributed by atoms with Crippen LogP contribution in [-0.2, 0) is 4.79 Å². The highest BCUT2D eigenvalue weighted by atomic mass is 19.1. The van der Waals surface area contributed by atoms with Crippen LogP contribution in [0.15, 0.2) is 48.6 Å². The fourth-order valence-electron chi connectivity index (χ4n) is 3.30. The van der Waals surface area contributed by atoms with Crippen LogP contribution < -0.4 is 14.2 Å². The first kappa shape index (κ1) is 20.5. The van der Waals surface area contributed by atoms with E-state index >= 15 is 0 Å². The Bertz CT molecular complexity index is 927. The number of carbonyl (C=O) groups is 1. The molecule has 0 radical (unpaired) electrons. The second kappa shape index (κ2) is 9.28. The third kappa shape index (κ3) is 4.59. The van der Waals surface area contributed by atoms with E-state index in [1.807, 2.05) is 18.2 Å². The number of halogens is 1. The fourth-order valence-corrected chi connectivity index (χ4v) is 3.30. The van der Waals surface area contributed by atoms with Crippen LogP contribution in [0.1, 0.15) is 17.5 Å². The Labute approximate surface area is 170 Å². The Morgan fingerprint density at radius 1 is 1.07 bits per heavy atom. The maximum Gasteiger partial charge on any atom is 0.246 e. The van der Waals surface area contributed by atoms with Gasteiger partial charge in [0.25, 0.3) is 0 Å². The van der Waals surface area contributed by atoms with Gasteiger partial charge in [-0.1, -0.05) is 24.3 Å².